The van der Waals surface area contributed by atoms with Crippen LogP contribution in [-0.4, -0.2) is 17.4 Å². The lowest BCUT2D eigenvalue weighted by atomic mass is 9.88. The van der Waals surface area contributed by atoms with E-state index in [2.05, 4.69) is 5.48 Å². The van der Waals surface area contributed by atoms with Crippen molar-refractivity contribution in [3.05, 3.63) is 6.42 Å². The van der Waals surface area contributed by atoms with Crippen LogP contribution in [0.3, 0.4) is 0 Å². The summed E-state index contributed by atoms with van der Waals surface area (Å²) in [5, 5.41) is 0. The average molecular weight is 215 g/mol. The first-order chi connectivity index (χ1) is 6.54. The standard InChI is InChI=1S/C10H19N2O3/c1-9(2,3)15-12-7(13)6-10(4,5)8(11)14/h6H,1-5H3,(H2,11,14)(H,12,13). The topological polar surface area (TPSA) is 81.4 Å². The SMILES string of the molecule is CC(C)(C)ONC(=O)[CH]C(C)(C)C(N)=O. The first-order valence-electron chi connectivity index (χ1n) is 4.68. The van der Waals surface area contributed by atoms with E-state index in [0.29, 0.717) is 0 Å². The van der Waals surface area contributed by atoms with Crippen molar-refractivity contribution in [2.45, 2.75) is 40.2 Å². The van der Waals surface area contributed by atoms with E-state index in [1.807, 2.05) is 0 Å². The van der Waals surface area contributed by atoms with E-state index < -0.39 is 22.8 Å². The number of nitrogens with two attached hydrogens (primary N) is 1. The molecule has 0 bridgehead atoms. The smallest absolute Gasteiger partial charge is 0.248 e. The summed E-state index contributed by atoms with van der Waals surface area (Å²) in [5.74, 6) is -1.04. The molecule has 0 atom stereocenters. The van der Waals surface area contributed by atoms with Gasteiger partial charge in [-0.25, -0.2) is 5.48 Å². The van der Waals surface area contributed by atoms with Crippen LogP contribution in [0.5, 0.6) is 0 Å². The van der Waals surface area contributed by atoms with Gasteiger partial charge in [-0.3, -0.25) is 14.4 Å². The van der Waals surface area contributed by atoms with Gasteiger partial charge in [0.05, 0.1) is 17.4 Å². The van der Waals surface area contributed by atoms with Crippen LogP contribution in [0.15, 0.2) is 0 Å². The summed E-state index contributed by atoms with van der Waals surface area (Å²) in [7, 11) is 0. The Labute approximate surface area is 90.3 Å². The molecule has 0 spiro atoms. The normalized spacial score (nSPS) is 12.3. The Bertz CT molecular complexity index is 254. The maximum atomic E-state index is 11.3. The molecular formula is C10H19N2O3. The molecule has 0 aromatic rings. The van der Waals surface area contributed by atoms with Gasteiger partial charge in [-0.15, -0.1) is 0 Å². The van der Waals surface area contributed by atoms with Gasteiger partial charge in [-0.1, -0.05) is 13.8 Å². The molecule has 0 aromatic heterocycles. The number of rotatable bonds is 4. The summed E-state index contributed by atoms with van der Waals surface area (Å²) in [4.78, 5) is 27.3. The highest BCUT2D eigenvalue weighted by Crippen LogP contribution is 2.18. The van der Waals surface area contributed by atoms with Crippen LogP contribution in [0, 0.1) is 11.8 Å². The summed E-state index contributed by atoms with van der Waals surface area (Å²) < 4.78 is 0. The Morgan fingerprint density at radius 2 is 1.67 bits per heavy atom. The number of carbonyl (C=O) groups excluding carboxylic acids is 2. The highest BCUT2D eigenvalue weighted by molar-refractivity contribution is 5.93. The molecule has 1 radical (unpaired) electrons. The molecule has 0 aromatic carbocycles. The van der Waals surface area contributed by atoms with Gasteiger partial charge in [0.1, 0.15) is 0 Å². The van der Waals surface area contributed by atoms with E-state index in [-0.39, 0.29) is 0 Å². The minimum absolute atomic E-state index is 0.472. The van der Waals surface area contributed by atoms with E-state index in [0.717, 1.165) is 0 Å². The van der Waals surface area contributed by atoms with Crippen LogP contribution >= 0.6 is 0 Å². The fraction of sp³-hybridized carbons (Fsp3) is 0.700. The Hall–Kier alpha value is -1.10. The molecule has 0 unspecified atom stereocenters. The van der Waals surface area contributed by atoms with Crippen molar-refractivity contribution >= 4 is 11.8 Å². The molecule has 2 amide bonds. The van der Waals surface area contributed by atoms with Crippen molar-refractivity contribution in [2.75, 3.05) is 0 Å². The molecule has 5 heteroatoms. The number of amides is 2. The van der Waals surface area contributed by atoms with E-state index in [1.165, 1.54) is 6.42 Å². The maximum absolute atomic E-state index is 11.3. The number of hydrogen-bond donors (Lipinski definition) is 2. The summed E-state index contributed by atoms with van der Waals surface area (Å²) in [6, 6.07) is 0. The van der Waals surface area contributed by atoms with Gasteiger partial charge in [0.25, 0.3) is 0 Å². The zero-order chi connectivity index (χ0) is 12.3. The fourth-order valence-corrected chi connectivity index (χ4v) is 0.632. The minimum Gasteiger partial charge on any atom is -0.369 e. The molecule has 0 rings (SSSR count). The molecule has 3 N–H and O–H groups in total. The van der Waals surface area contributed by atoms with Gasteiger partial charge in [0, 0.05) is 0 Å². The van der Waals surface area contributed by atoms with Crippen molar-refractivity contribution in [2.24, 2.45) is 11.1 Å². The lowest BCUT2D eigenvalue weighted by Crippen LogP contribution is -2.40. The van der Waals surface area contributed by atoms with Crippen molar-refractivity contribution < 1.29 is 14.4 Å². The Morgan fingerprint density at radius 1 is 1.20 bits per heavy atom. The lowest BCUT2D eigenvalue weighted by molar-refractivity contribution is -0.144. The number of nitrogens with one attached hydrogen (secondary N) is 1. The van der Waals surface area contributed by atoms with Gasteiger partial charge >= 0.3 is 0 Å². The summed E-state index contributed by atoms with van der Waals surface area (Å²) in [6.07, 6.45) is 1.20. The van der Waals surface area contributed by atoms with Crippen LogP contribution in [0.2, 0.25) is 0 Å². The molecule has 0 heterocycles. The van der Waals surface area contributed by atoms with Crippen LogP contribution in [0.25, 0.3) is 0 Å². The number of hydrogen-bond acceptors (Lipinski definition) is 3. The molecule has 0 aliphatic rings. The maximum Gasteiger partial charge on any atom is 0.248 e. The second-order valence-corrected chi connectivity index (χ2v) is 4.91. The molecule has 0 fully saturated rings. The van der Waals surface area contributed by atoms with Gasteiger partial charge in [0.2, 0.25) is 11.8 Å². The molecule has 5 nitrogen and oxygen atoms in total. The third-order valence-electron chi connectivity index (χ3n) is 1.58. The predicted octanol–water partition coefficient (Wildman–Crippen LogP) is 0.548. The van der Waals surface area contributed by atoms with Crippen LogP contribution in [-0.2, 0) is 14.4 Å². The number of hydroxylamine groups is 1. The summed E-state index contributed by atoms with van der Waals surface area (Å²) >= 11 is 0. The molecule has 0 saturated carbocycles. The van der Waals surface area contributed by atoms with Gasteiger partial charge < -0.3 is 5.73 Å². The number of primary amides is 1. The molecular weight excluding hydrogens is 196 g/mol. The summed E-state index contributed by atoms with van der Waals surface area (Å²) in [6.45, 7) is 8.52. The second-order valence-electron chi connectivity index (χ2n) is 4.91. The first-order valence-corrected chi connectivity index (χ1v) is 4.68. The summed E-state index contributed by atoms with van der Waals surface area (Å²) in [5.41, 5.74) is 5.89. The van der Waals surface area contributed by atoms with E-state index in [9.17, 15) is 9.59 Å². The molecule has 15 heavy (non-hydrogen) atoms. The quantitative estimate of drug-likeness (QED) is 0.672. The highest BCUT2D eigenvalue weighted by atomic mass is 16.7. The monoisotopic (exact) mass is 215 g/mol. The average Bonchev–Trinajstić information content (AvgIpc) is 1.98. The van der Waals surface area contributed by atoms with Crippen LogP contribution in [0.1, 0.15) is 34.6 Å². The Balaban J connectivity index is 4.11. The van der Waals surface area contributed by atoms with Gasteiger partial charge in [0.15, 0.2) is 0 Å². The zero-order valence-electron chi connectivity index (χ0n) is 9.88. The first kappa shape index (κ1) is 13.9. The molecule has 0 aliphatic heterocycles. The van der Waals surface area contributed by atoms with E-state index in [1.54, 1.807) is 34.6 Å². The van der Waals surface area contributed by atoms with Crippen molar-refractivity contribution in [3.8, 4) is 0 Å². The van der Waals surface area contributed by atoms with E-state index in [4.69, 9.17) is 10.6 Å². The lowest BCUT2D eigenvalue weighted by Gasteiger charge is -2.22. The van der Waals surface area contributed by atoms with E-state index >= 15 is 0 Å². The largest absolute Gasteiger partial charge is 0.369 e. The second kappa shape index (κ2) is 4.61. The zero-order valence-corrected chi connectivity index (χ0v) is 9.88. The van der Waals surface area contributed by atoms with Crippen molar-refractivity contribution in [3.63, 3.8) is 0 Å². The van der Waals surface area contributed by atoms with Crippen LogP contribution in [0.4, 0.5) is 0 Å². The third kappa shape index (κ3) is 6.06. The fourth-order valence-electron chi connectivity index (χ4n) is 0.632. The van der Waals surface area contributed by atoms with Gasteiger partial charge in [-0.05, 0) is 20.8 Å². The number of carbonyl (C=O) groups is 2. The van der Waals surface area contributed by atoms with Gasteiger partial charge in [-0.2, -0.15) is 0 Å². The van der Waals surface area contributed by atoms with Crippen LogP contribution < -0.4 is 11.2 Å². The van der Waals surface area contributed by atoms with Crippen molar-refractivity contribution in [1.29, 1.82) is 0 Å². The molecule has 0 saturated heterocycles. The Kier molecular flexibility index (Phi) is 4.27. The third-order valence-corrected chi connectivity index (χ3v) is 1.58. The molecule has 0 aliphatic carbocycles. The Morgan fingerprint density at radius 3 is 2.00 bits per heavy atom. The minimum atomic E-state index is -0.981. The molecule has 87 valence electrons. The highest BCUT2D eigenvalue weighted by Gasteiger charge is 2.29. The predicted molar refractivity (Wildman–Crippen MR) is 56.3 cm³/mol. The van der Waals surface area contributed by atoms with Crippen molar-refractivity contribution in [1.82, 2.24) is 5.48 Å².